The summed E-state index contributed by atoms with van der Waals surface area (Å²) in [5, 5.41) is 3.88. The second kappa shape index (κ2) is 6.57. The molecular weight excluding hydrogens is 328 g/mol. The molecule has 0 spiro atoms. The fourth-order valence-corrected chi connectivity index (χ4v) is 2.57. The zero-order valence-corrected chi connectivity index (χ0v) is 13.1. The van der Waals surface area contributed by atoms with Crippen molar-refractivity contribution in [2.75, 3.05) is 5.32 Å². The highest BCUT2D eigenvalue weighted by atomic mass is 35.5. The maximum Gasteiger partial charge on any atom is 0.336 e. The third-order valence-electron chi connectivity index (χ3n) is 3.40. The van der Waals surface area contributed by atoms with Crippen LogP contribution in [0.4, 0.5) is 11.4 Å². The summed E-state index contributed by atoms with van der Waals surface area (Å²) in [4.78, 5) is 27.2. The predicted molar refractivity (Wildman–Crippen MR) is 92.5 cm³/mol. The molecule has 6 heteroatoms. The topological polar surface area (TPSA) is 63.7 Å². The molecule has 2 aromatic carbocycles. The van der Waals surface area contributed by atoms with Crippen molar-refractivity contribution in [2.45, 2.75) is 6.42 Å². The molecule has 3 aromatic rings. The van der Waals surface area contributed by atoms with Crippen LogP contribution in [0.25, 0.3) is 15.8 Å². The molecule has 1 amide bonds. The molecule has 3 rings (SSSR count). The number of anilines is 1. The first-order valence-corrected chi connectivity index (χ1v) is 7.42. The Labute approximate surface area is 142 Å². The van der Waals surface area contributed by atoms with Crippen molar-refractivity contribution in [1.82, 2.24) is 0 Å². The fourth-order valence-electron chi connectivity index (χ4n) is 2.38. The second-order valence-corrected chi connectivity index (χ2v) is 5.55. The number of benzene rings is 2. The average Bonchev–Trinajstić information content (AvgIpc) is 2.53. The van der Waals surface area contributed by atoms with Gasteiger partial charge in [0.25, 0.3) is 0 Å². The number of nitrogens with zero attached hydrogens (tertiary/aromatic N) is 1. The molecule has 0 fully saturated rings. The molecule has 1 N–H and O–H groups in total. The highest BCUT2D eigenvalue weighted by Crippen LogP contribution is 2.23. The lowest BCUT2D eigenvalue weighted by atomic mass is 10.1. The van der Waals surface area contributed by atoms with Crippen LogP contribution in [0.15, 0.2) is 57.7 Å². The molecule has 24 heavy (non-hydrogen) atoms. The Morgan fingerprint density at radius 3 is 2.79 bits per heavy atom. The molecule has 0 radical (unpaired) electrons. The van der Waals surface area contributed by atoms with E-state index in [4.69, 9.17) is 22.6 Å². The van der Waals surface area contributed by atoms with Crippen LogP contribution >= 0.6 is 11.6 Å². The number of halogens is 1. The molecule has 0 bridgehead atoms. The van der Waals surface area contributed by atoms with Crippen LogP contribution in [-0.4, -0.2) is 5.91 Å². The maximum atomic E-state index is 12.2. The number of amides is 1. The minimum Gasteiger partial charge on any atom is -0.424 e. The quantitative estimate of drug-likeness (QED) is 0.575. The van der Waals surface area contributed by atoms with E-state index < -0.39 is 5.63 Å². The Morgan fingerprint density at radius 1 is 1.21 bits per heavy atom. The summed E-state index contributed by atoms with van der Waals surface area (Å²) in [7, 11) is 0. The van der Waals surface area contributed by atoms with Gasteiger partial charge in [-0.3, -0.25) is 4.79 Å². The van der Waals surface area contributed by atoms with Crippen LogP contribution in [0.1, 0.15) is 5.56 Å². The third-order valence-corrected chi connectivity index (χ3v) is 3.64. The molecule has 0 aliphatic heterocycles. The van der Waals surface area contributed by atoms with Gasteiger partial charge in [0.05, 0.1) is 13.0 Å². The summed E-state index contributed by atoms with van der Waals surface area (Å²) >= 11 is 5.89. The summed E-state index contributed by atoms with van der Waals surface area (Å²) in [5.74, 6) is -0.279. The van der Waals surface area contributed by atoms with Gasteiger partial charge < -0.3 is 9.73 Å². The molecular formula is C18H11ClN2O3. The SMILES string of the molecule is [C-]#[N+]c1ccc2c(CC(=O)Nc3cccc(Cl)c3)cc(=O)oc2c1. The lowest BCUT2D eigenvalue weighted by molar-refractivity contribution is -0.115. The number of carbonyl (C=O) groups is 1. The van der Waals surface area contributed by atoms with Crippen LogP contribution in [0.3, 0.4) is 0 Å². The van der Waals surface area contributed by atoms with Crippen molar-refractivity contribution in [1.29, 1.82) is 0 Å². The Kier molecular flexibility index (Phi) is 4.32. The summed E-state index contributed by atoms with van der Waals surface area (Å²) < 4.78 is 5.11. The first kappa shape index (κ1) is 15.8. The maximum absolute atomic E-state index is 12.2. The van der Waals surface area contributed by atoms with E-state index in [0.29, 0.717) is 32.9 Å². The van der Waals surface area contributed by atoms with Crippen LogP contribution in [0, 0.1) is 6.57 Å². The van der Waals surface area contributed by atoms with E-state index in [9.17, 15) is 9.59 Å². The average molecular weight is 339 g/mol. The first-order chi connectivity index (χ1) is 11.5. The zero-order chi connectivity index (χ0) is 17.1. The van der Waals surface area contributed by atoms with Gasteiger partial charge in [-0.05, 0) is 29.8 Å². The van der Waals surface area contributed by atoms with Crippen molar-refractivity contribution < 1.29 is 9.21 Å². The largest absolute Gasteiger partial charge is 0.424 e. The van der Waals surface area contributed by atoms with Gasteiger partial charge in [-0.2, -0.15) is 0 Å². The summed E-state index contributed by atoms with van der Waals surface area (Å²) in [6, 6.07) is 12.9. The minimum atomic E-state index is -0.560. The summed E-state index contributed by atoms with van der Waals surface area (Å²) in [6.45, 7) is 7.01. The number of rotatable bonds is 3. The van der Waals surface area contributed by atoms with Crippen molar-refractivity contribution >= 4 is 39.9 Å². The number of fused-ring (bicyclic) bond motifs is 1. The second-order valence-electron chi connectivity index (χ2n) is 5.12. The lowest BCUT2D eigenvalue weighted by Gasteiger charge is -2.07. The standard InChI is InChI=1S/C18H11ClN2O3/c1-20-13-5-6-15-11(8-18(23)24-16(15)10-13)7-17(22)21-14-4-2-3-12(19)9-14/h2-6,8-10H,7H2,(H,21,22). The highest BCUT2D eigenvalue weighted by molar-refractivity contribution is 6.30. The van der Waals surface area contributed by atoms with Gasteiger partial charge in [0.15, 0.2) is 5.69 Å². The van der Waals surface area contributed by atoms with E-state index in [1.165, 1.54) is 12.1 Å². The smallest absolute Gasteiger partial charge is 0.336 e. The Morgan fingerprint density at radius 2 is 2.04 bits per heavy atom. The normalized spacial score (nSPS) is 10.3. The van der Waals surface area contributed by atoms with Gasteiger partial charge in [0.1, 0.15) is 5.58 Å². The summed E-state index contributed by atoms with van der Waals surface area (Å²) in [5.41, 5.74) is 1.22. The predicted octanol–water partition coefficient (Wildman–Crippen LogP) is 4.18. The Balaban J connectivity index is 1.90. The highest BCUT2D eigenvalue weighted by Gasteiger charge is 2.11. The van der Waals surface area contributed by atoms with E-state index in [-0.39, 0.29) is 12.3 Å². The van der Waals surface area contributed by atoms with Gasteiger partial charge in [-0.1, -0.05) is 29.8 Å². The third kappa shape index (κ3) is 3.45. The number of nitrogens with one attached hydrogen (secondary N) is 1. The minimum absolute atomic E-state index is 0.00593. The molecule has 0 saturated carbocycles. The van der Waals surface area contributed by atoms with Gasteiger partial charge in [0.2, 0.25) is 5.91 Å². The summed E-state index contributed by atoms with van der Waals surface area (Å²) in [6.07, 6.45) is 0.00593. The Hall–Kier alpha value is -3.10. The van der Waals surface area contributed by atoms with E-state index in [2.05, 4.69) is 10.2 Å². The molecule has 0 saturated heterocycles. The molecule has 1 aromatic heterocycles. The zero-order valence-electron chi connectivity index (χ0n) is 12.4. The number of hydrogen-bond acceptors (Lipinski definition) is 3. The van der Waals surface area contributed by atoms with Gasteiger partial charge in [-0.15, -0.1) is 0 Å². The van der Waals surface area contributed by atoms with Crippen molar-refractivity contribution in [2.24, 2.45) is 0 Å². The molecule has 0 aliphatic rings. The van der Waals surface area contributed by atoms with E-state index >= 15 is 0 Å². The molecule has 118 valence electrons. The molecule has 0 aliphatic carbocycles. The van der Waals surface area contributed by atoms with Crippen LogP contribution < -0.4 is 10.9 Å². The molecule has 0 atom stereocenters. The Bertz CT molecular complexity index is 1030. The van der Waals surface area contributed by atoms with Crippen molar-refractivity contribution in [3.63, 3.8) is 0 Å². The monoisotopic (exact) mass is 338 g/mol. The van der Waals surface area contributed by atoms with Gasteiger partial charge in [-0.25, -0.2) is 9.64 Å². The molecule has 0 unspecified atom stereocenters. The van der Waals surface area contributed by atoms with Crippen molar-refractivity contribution in [3.05, 3.63) is 81.0 Å². The lowest BCUT2D eigenvalue weighted by Crippen LogP contribution is -2.15. The fraction of sp³-hybridized carbons (Fsp3) is 0.0556. The number of carbonyl (C=O) groups excluding carboxylic acids is 1. The van der Waals surface area contributed by atoms with Crippen LogP contribution in [0.5, 0.6) is 0 Å². The first-order valence-electron chi connectivity index (χ1n) is 7.05. The van der Waals surface area contributed by atoms with E-state index in [1.54, 1.807) is 36.4 Å². The molecule has 1 heterocycles. The van der Waals surface area contributed by atoms with Gasteiger partial charge >= 0.3 is 5.63 Å². The van der Waals surface area contributed by atoms with E-state index in [1.807, 2.05) is 0 Å². The van der Waals surface area contributed by atoms with Crippen molar-refractivity contribution in [3.8, 4) is 0 Å². The van der Waals surface area contributed by atoms with Crippen LogP contribution in [-0.2, 0) is 11.2 Å². The number of hydrogen-bond donors (Lipinski definition) is 1. The van der Waals surface area contributed by atoms with Crippen LogP contribution in [0.2, 0.25) is 5.02 Å². The van der Waals surface area contributed by atoms with Gasteiger partial charge in [0, 0.05) is 22.2 Å². The van der Waals surface area contributed by atoms with E-state index in [0.717, 1.165) is 0 Å². The molecule has 5 nitrogen and oxygen atoms in total.